The van der Waals surface area contributed by atoms with Crippen LogP contribution >= 0.6 is 0 Å². The fraction of sp³-hybridized carbons (Fsp3) is 0.333. The summed E-state index contributed by atoms with van der Waals surface area (Å²) < 4.78 is 26.1. The SMILES string of the molecule is CC[C@@H](Nc1nc(C(F)F)nc2ccccc12)c1n[nH]c(C)n1. The number of rotatable bonds is 5. The van der Waals surface area contributed by atoms with E-state index in [2.05, 4.69) is 30.5 Å². The Morgan fingerprint density at radius 2 is 1.91 bits per heavy atom. The summed E-state index contributed by atoms with van der Waals surface area (Å²) >= 11 is 0. The zero-order valence-corrected chi connectivity index (χ0v) is 12.7. The quantitative estimate of drug-likeness (QED) is 0.752. The van der Waals surface area contributed by atoms with Crippen LogP contribution in [0.25, 0.3) is 10.9 Å². The highest BCUT2D eigenvalue weighted by Crippen LogP contribution is 2.27. The van der Waals surface area contributed by atoms with Gasteiger partial charge in [0.15, 0.2) is 11.6 Å². The van der Waals surface area contributed by atoms with E-state index < -0.39 is 12.2 Å². The zero-order chi connectivity index (χ0) is 16.4. The zero-order valence-electron chi connectivity index (χ0n) is 12.7. The van der Waals surface area contributed by atoms with Gasteiger partial charge in [-0.1, -0.05) is 19.1 Å². The summed E-state index contributed by atoms with van der Waals surface area (Å²) in [6, 6.07) is 6.82. The van der Waals surface area contributed by atoms with Gasteiger partial charge >= 0.3 is 0 Å². The summed E-state index contributed by atoms with van der Waals surface area (Å²) in [4.78, 5) is 12.2. The summed E-state index contributed by atoms with van der Waals surface area (Å²) in [5.41, 5.74) is 0.473. The van der Waals surface area contributed by atoms with Crippen molar-refractivity contribution in [1.29, 1.82) is 0 Å². The molecule has 0 bridgehead atoms. The summed E-state index contributed by atoms with van der Waals surface area (Å²) in [5.74, 6) is 1.14. The molecular formula is C15H16F2N6. The number of aromatic amines is 1. The second-order valence-corrected chi connectivity index (χ2v) is 5.13. The number of fused-ring (bicyclic) bond motifs is 1. The maximum Gasteiger partial charge on any atom is 0.297 e. The van der Waals surface area contributed by atoms with Crippen molar-refractivity contribution in [3.8, 4) is 0 Å². The monoisotopic (exact) mass is 318 g/mol. The Bertz CT molecular complexity index is 817. The lowest BCUT2D eigenvalue weighted by molar-refractivity contribution is 0.141. The molecule has 0 aliphatic heterocycles. The first-order valence-corrected chi connectivity index (χ1v) is 7.28. The predicted octanol–water partition coefficient (Wildman–Crippen LogP) is 3.56. The van der Waals surface area contributed by atoms with Crippen molar-refractivity contribution < 1.29 is 8.78 Å². The second kappa shape index (κ2) is 6.23. The highest BCUT2D eigenvalue weighted by Gasteiger charge is 2.19. The Hall–Kier alpha value is -2.64. The summed E-state index contributed by atoms with van der Waals surface area (Å²) in [6.07, 6.45) is -2.05. The van der Waals surface area contributed by atoms with Gasteiger partial charge in [0, 0.05) is 5.39 Å². The smallest absolute Gasteiger partial charge is 0.297 e. The number of H-pyrrole nitrogens is 1. The minimum absolute atomic E-state index is 0.233. The first-order chi connectivity index (χ1) is 11.1. The van der Waals surface area contributed by atoms with Crippen molar-refractivity contribution in [2.45, 2.75) is 32.7 Å². The third-order valence-corrected chi connectivity index (χ3v) is 3.46. The lowest BCUT2D eigenvalue weighted by Crippen LogP contribution is -2.14. The Morgan fingerprint density at radius 1 is 1.13 bits per heavy atom. The van der Waals surface area contributed by atoms with E-state index in [0.717, 1.165) is 0 Å². The third kappa shape index (κ3) is 3.10. The van der Waals surface area contributed by atoms with E-state index >= 15 is 0 Å². The van der Waals surface area contributed by atoms with E-state index in [-0.39, 0.29) is 6.04 Å². The van der Waals surface area contributed by atoms with Crippen molar-refractivity contribution in [3.05, 3.63) is 41.7 Å². The summed E-state index contributed by atoms with van der Waals surface area (Å²) in [6.45, 7) is 3.76. The Kier molecular flexibility index (Phi) is 4.14. The molecule has 0 aliphatic carbocycles. The third-order valence-electron chi connectivity index (χ3n) is 3.46. The Morgan fingerprint density at radius 3 is 2.57 bits per heavy atom. The number of nitrogens with one attached hydrogen (secondary N) is 2. The van der Waals surface area contributed by atoms with Crippen LogP contribution in [0.4, 0.5) is 14.6 Å². The van der Waals surface area contributed by atoms with Crippen molar-refractivity contribution in [1.82, 2.24) is 25.1 Å². The van der Waals surface area contributed by atoms with Gasteiger partial charge in [-0.2, -0.15) is 5.10 Å². The van der Waals surface area contributed by atoms with E-state index in [0.29, 0.717) is 34.8 Å². The molecular weight excluding hydrogens is 302 g/mol. The Labute approximate surface area is 131 Å². The van der Waals surface area contributed by atoms with Gasteiger partial charge in [-0.3, -0.25) is 5.10 Å². The van der Waals surface area contributed by atoms with Crippen molar-refractivity contribution in [2.24, 2.45) is 0 Å². The molecule has 0 aliphatic rings. The molecule has 3 aromatic rings. The van der Waals surface area contributed by atoms with Crippen molar-refractivity contribution in [2.75, 3.05) is 5.32 Å². The largest absolute Gasteiger partial charge is 0.359 e. The molecule has 0 amide bonds. The highest BCUT2D eigenvalue weighted by molar-refractivity contribution is 5.89. The van der Waals surface area contributed by atoms with Crippen LogP contribution in [-0.2, 0) is 0 Å². The number of benzene rings is 1. The number of halogens is 2. The average Bonchev–Trinajstić information content (AvgIpc) is 2.98. The molecule has 2 aromatic heterocycles. The normalized spacial score (nSPS) is 12.7. The number of hydrogen-bond donors (Lipinski definition) is 2. The van der Waals surface area contributed by atoms with Crippen LogP contribution in [0.15, 0.2) is 24.3 Å². The molecule has 8 heteroatoms. The molecule has 2 N–H and O–H groups in total. The van der Waals surface area contributed by atoms with Gasteiger partial charge in [0.05, 0.1) is 11.6 Å². The van der Waals surface area contributed by atoms with Crippen LogP contribution in [0.2, 0.25) is 0 Å². The minimum Gasteiger partial charge on any atom is -0.359 e. The van der Waals surface area contributed by atoms with Gasteiger partial charge in [-0.05, 0) is 25.5 Å². The average molecular weight is 318 g/mol. The number of aryl methyl sites for hydroxylation is 1. The number of aromatic nitrogens is 5. The van der Waals surface area contributed by atoms with Crippen LogP contribution in [0.1, 0.15) is 43.3 Å². The second-order valence-electron chi connectivity index (χ2n) is 5.13. The lowest BCUT2D eigenvalue weighted by Gasteiger charge is -2.16. The summed E-state index contributed by atoms with van der Waals surface area (Å²) in [7, 11) is 0. The van der Waals surface area contributed by atoms with Crippen molar-refractivity contribution in [3.63, 3.8) is 0 Å². The molecule has 120 valence electrons. The van der Waals surface area contributed by atoms with Crippen LogP contribution in [-0.4, -0.2) is 25.1 Å². The standard InChI is InChI=1S/C15H16F2N6/c1-3-10(14-18-8(2)22-23-14)19-13-9-6-4-5-7-11(9)20-15(21-13)12(16)17/h4-7,10,12H,3H2,1-2H3,(H,18,22,23)(H,19,20,21)/t10-/m1/s1. The maximum atomic E-state index is 13.0. The lowest BCUT2D eigenvalue weighted by atomic mass is 10.2. The molecule has 2 heterocycles. The predicted molar refractivity (Wildman–Crippen MR) is 82.3 cm³/mol. The molecule has 0 fully saturated rings. The molecule has 0 saturated heterocycles. The van der Waals surface area contributed by atoms with Gasteiger partial charge in [0.25, 0.3) is 6.43 Å². The van der Waals surface area contributed by atoms with E-state index in [1.165, 1.54) is 0 Å². The minimum atomic E-state index is -2.73. The van der Waals surface area contributed by atoms with Crippen LogP contribution in [0.5, 0.6) is 0 Å². The van der Waals surface area contributed by atoms with Crippen LogP contribution in [0.3, 0.4) is 0 Å². The highest BCUT2D eigenvalue weighted by atomic mass is 19.3. The molecule has 0 unspecified atom stereocenters. The summed E-state index contributed by atoms with van der Waals surface area (Å²) in [5, 5.41) is 10.8. The number of alkyl halides is 2. The Balaban J connectivity index is 2.03. The maximum absolute atomic E-state index is 13.0. The van der Waals surface area contributed by atoms with E-state index in [4.69, 9.17) is 0 Å². The van der Waals surface area contributed by atoms with Crippen molar-refractivity contribution >= 4 is 16.7 Å². The molecule has 6 nitrogen and oxygen atoms in total. The van der Waals surface area contributed by atoms with Gasteiger partial charge in [-0.15, -0.1) is 0 Å². The number of hydrogen-bond acceptors (Lipinski definition) is 5. The van der Waals surface area contributed by atoms with Gasteiger partial charge in [-0.25, -0.2) is 23.7 Å². The molecule has 0 radical (unpaired) electrons. The van der Waals surface area contributed by atoms with Gasteiger partial charge in [0.1, 0.15) is 11.6 Å². The molecule has 3 rings (SSSR count). The first-order valence-electron chi connectivity index (χ1n) is 7.28. The molecule has 23 heavy (non-hydrogen) atoms. The number of para-hydroxylation sites is 1. The van der Waals surface area contributed by atoms with E-state index in [1.54, 1.807) is 25.1 Å². The van der Waals surface area contributed by atoms with E-state index in [9.17, 15) is 8.78 Å². The fourth-order valence-electron chi connectivity index (χ4n) is 2.33. The molecule has 0 spiro atoms. The van der Waals surface area contributed by atoms with Crippen LogP contribution in [0, 0.1) is 6.92 Å². The molecule has 1 atom stereocenters. The molecule has 1 aromatic carbocycles. The van der Waals surface area contributed by atoms with E-state index in [1.807, 2.05) is 13.0 Å². The first kappa shape index (κ1) is 15.3. The molecule has 0 saturated carbocycles. The van der Waals surface area contributed by atoms with Gasteiger partial charge < -0.3 is 5.32 Å². The van der Waals surface area contributed by atoms with Gasteiger partial charge in [0.2, 0.25) is 0 Å². The fourth-order valence-corrected chi connectivity index (χ4v) is 2.33. The topological polar surface area (TPSA) is 79.4 Å². The van der Waals surface area contributed by atoms with Crippen LogP contribution < -0.4 is 5.32 Å². The number of nitrogens with zero attached hydrogens (tertiary/aromatic N) is 4. The number of anilines is 1.